The SMILES string of the molecule is CCCCNC(=O)[C@H](C)C[C@H](O)[C@@H](N)CC(C)(C)CC(=O)N1CCCc2cc(Br)ccc21. The number of halogens is 1. The van der Waals surface area contributed by atoms with Gasteiger partial charge in [-0.2, -0.15) is 0 Å². The molecule has 0 unspecified atom stereocenters. The molecule has 1 aliphatic heterocycles. The molecule has 0 spiro atoms. The quantitative estimate of drug-likeness (QED) is 0.390. The van der Waals surface area contributed by atoms with Gasteiger partial charge < -0.3 is 21.1 Å². The first kappa shape index (κ1) is 26.8. The number of nitrogens with one attached hydrogen (secondary N) is 1. The van der Waals surface area contributed by atoms with Gasteiger partial charge in [0.15, 0.2) is 0 Å². The van der Waals surface area contributed by atoms with Crippen molar-refractivity contribution < 1.29 is 14.7 Å². The summed E-state index contributed by atoms with van der Waals surface area (Å²) in [5, 5.41) is 13.5. The Kier molecular flexibility index (Phi) is 10.2. The van der Waals surface area contributed by atoms with E-state index < -0.39 is 12.1 Å². The molecular formula is C25H40BrN3O3. The number of aliphatic hydroxyl groups excluding tert-OH is 1. The number of amides is 2. The number of hydrogen-bond donors (Lipinski definition) is 3. The van der Waals surface area contributed by atoms with E-state index in [2.05, 4.69) is 34.2 Å². The fourth-order valence-electron chi connectivity index (χ4n) is 4.38. The Morgan fingerprint density at radius 2 is 2.06 bits per heavy atom. The first-order valence-electron chi connectivity index (χ1n) is 11.8. The van der Waals surface area contributed by atoms with E-state index in [1.54, 1.807) is 0 Å². The number of aliphatic hydroxyl groups is 1. The molecule has 2 rings (SSSR count). The van der Waals surface area contributed by atoms with Crippen LogP contribution in [0.3, 0.4) is 0 Å². The molecule has 0 saturated heterocycles. The summed E-state index contributed by atoms with van der Waals surface area (Å²) in [4.78, 5) is 27.2. The lowest BCUT2D eigenvalue weighted by Crippen LogP contribution is -2.43. The van der Waals surface area contributed by atoms with Crippen molar-refractivity contribution in [3.63, 3.8) is 0 Å². The number of nitrogens with zero attached hydrogens (tertiary/aromatic N) is 1. The summed E-state index contributed by atoms with van der Waals surface area (Å²) in [5.74, 6) is -0.264. The maximum atomic E-state index is 13.2. The average molecular weight is 511 g/mol. The van der Waals surface area contributed by atoms with Crippen LogP contribution in [0.25, 0.3) is 0 Å². The fourth-order valence-corrected chi connectivity index (χ4v) is 4.79. The highest BCUT2D eigenvalue weighted by molar-refractivity contribution is 9.10. The van der Waals surface area contributed by atoms with Crippen LogP contribution in [0, 0.1) is 11.3 Å². The molecule has 0 radical (unpaired) electrons. The fraction of sp³-hybridized carbons (Fsp3) is 0.680. The summed E-state index contributed by atoms with van der Waals surface area (Å²) in [6.45, 7) is 9.32. The normalized spacial score (nSPS) is 16.8. The first-order valence-corrected chi connectivity index (χ1v) is 12.6. The molecule has 4 N–H and O–H groups in total. The van der Waals surface area contributed by atoms with Gasteiger partial charge in [0.05, 0.1) is 6.10 Å². The number of hydrogen-bond acceptors (Lipinski definition) is 4. The highest BCUT2D eigenvalue weighted by Gasteiger charge is 2.32. The van der Waals surface area contributed by atoms with Crippen molar-refractivity contribution in [2.45, 2.75) is 84.8 Å². The third-order valence-electron chi connectivity index (χ3n) is 6.25. The van der Waals surface area contributed by atoms with E-state index in [0.717, 1.165) is 42.4 Å². The number of carbonyl (C=O) groups excluding carboxylic acids is 2. The predicted octanol–water partition coefficient (Wildman–Crippen LogP) is 4.17. The molecule has 0 fully saturated rings. The van der Waals surface area contributed by atoms with E-state index in [9.17, 15) is 14.7 Å². The summed E-state index contributed by atoms with van der Waals surface area (Å²) < 4.78 is 1.03. The molecule has 0 saturated carbocycles. The van der Waals surface area contributed by atoms with Gasteiger partial charge in [0, 0.05) is 41.6 Å². The largest absolute Gasteiger partial charge is 0.391 e. The van der Waals surface area contributed by atoms with Crippen LogP contribution >= 0.6 is 15.9 Å². The maximum absolute atomic E-state index is 13.2. The number of rotatable bonds is 11. The van der Waals surface area contributed by atoms with Gasteiger partial charge in [-0.05, 0) is 61.3 Å². The minimum atomic E-state index is -0.788. The van der Waals surface area contributed by atoms with Crippen molar-refractivity contribution in [3.05, 3.63) is 28.2 Å². The highest BCUT2D eigenvalue weighted by Crippen LogP contribution is 2.34. The van der Waals surface area contributed by atoms with Crippen molar-refractivity contribution in [2.75, 3.05) is 18.0 Å². The Morgan fingerprint density at radius 3 is 2.75 bits per heavy atom. The summed E-state index contributed by atoms with van der Waals surface area (Å²) in [6, 6.07) is 5.58. The van der Waals surface area contributed by atoms with Gasteiger partial charge in [-0.25, -0.2) is 0 Å². The van der Waals surface area contributed by atoms with E-state index in [1.807, 2.05) is 37.8 Å². The lowest BCUT2D eigenvalue weighted by molar-refractivity contribution is -0.125. The second-order valence-corrected chi connectivity index (χ2v) is 10.9. The van der Waals surface area contributed by atoms with Gasteiger partial charge in [-0.3, -0.25) is 9.59 Å². The Morgan fingerprint density at radius 1 is 1.34 bits per heavy atom. The number of anilines is 1. The van der Waals surface area contributed by atoms with Crippen LogP contribution in [0.4, 0.5) is 5.69 Å². The summed E-state index contributed by atoms with van der Waals surface area (Å²) in [5.41, 5.74) is 8.13. The number of benzene rings is 1. The third kappa shape index (κ3) is 7.85. The lowest BCUT2D eigenvalue weighted by atomic mass is 9.79. The molecule has 1 aliphatic rings. The van der Waals surface area contributed by atoms with Crippen molar-refractivity contribution in [1.82, 2.24) is 5.32 Å². The molecule has 1 aromatic carbocycles. The predicted molar refractivity (Wildman–Crippen MR) is 134 cm³/mol. The van der Waals surface area contributed by atoms with Crippen molar-refractivity contribution in [3.8, 4) is 0 Å². The molecule has 0 bridgehead atoms. The summed E-state index contributed by atoms with van der Waals surface area (Å²) in [7, 11) is 0. The number of nitrogens with two attached hydrogens (primary N) is 1. The lowest BCUT2D eigenvalue weighted by Gasteiger charge is -2.35. The molecule has 0 aromatic heterocycles. The Labute approximate surface area is 201 Å². The standard InChI is InChI=1S/C25H40BrN3O3/c1-5-6-11-28-24(32)17(2)13-22(30)20(27)15-25(3,4)16-23(31)29-12-7-8-18-14-19(26)9-10-21(18)29/h9-10,14,17,20,22,30H,5-8,11-13,15-16,27H2,1-4H3,(H,28,32)/t17-,20+,22+/m1/s1. The number of carbonyl (C=O) groups is 2. The van der Waals surface area contributed by atoms with Crippen LogP contribution in [-0.4, -0.2) is 42.2 Å². The van der Waals surface area contributed by atoms with Gasteiger partial charge >= 0.3 is 0 Å². The maximum Gasteiger partial charge on any atom is 0.227 e. The van der Waals surface area contributed by atoms with Gasteiger partial charge in [0.1, 0.15) is 0 Å². The molecule has 1 aromatic rings. The van der Waals surface area contributed by atoms with Crippen LogP contribution in [0.2, 0.25) is 0 Å². The number of aryl methyl sites for hydroxylation is 1. The number of unbranched alkanes of at least 4 members (excludes halogenated alkanes) is 1. The molecule has 180 valence electrons. The van der Waals surface area contributed by atoms with Crippen LogP contribution < -0.4 is 16.0 Å². The molecule has 3 atom stereocenters. The van der Waals surface area contributed by atoms with E-state index >= 15 is 0 Å². The van der Waals surface area contributed by atoms with Crippen molar-refractivity contribution in [1.29, 1.82) is 0 Å². The molecule has 6 nitrogen and oxygen atoms in total. The van der Waals surface area contributed by atoms with E-state index in [1.165, 1.54) is 5.56 Å². The monoisotopic (exact) mass is 509 g/mol. The van der Waals surface area contributed by atoms with Crippen LogP contribution in [-0.2, 0) is 16.0 Å². The van der Waals surface area contributed by atoms with Crippen LogP contribution in [0.15, 0.2) is 22.7 Å². The molecule has 32 heavy (non-hydrogen) atoms. The molecule has 7 heteroatoms. The third-order valence-corrected chi connectivity index (χ3v) is 6.74. The first-order chi connectivity index (χ1) is 15.0. The minimum absolute atomic E-state index is 0.0467. The van der Waals surface area contributed by atoms with Crippen LogP contribution in [0.5, 0.6) is 0 Å². The summed E-state index contributed by atoms with van der Waals surface area (Å²) >= 11 is 3.51. The zero-order valence-electron chi connectivity index (χ0n) is 20.0. The molecule has 0 aliphatic carbocycles. The van der Waals surface area contributed by atoms with E-state index in [0.29, 0.717) is 25.8 Å². The molecule has 2 amide bonds. The molecular weight excluding hydrogens is 470 g/mol. The van der Waals surface area contributed by atoms with E-state index in [-0.39, 0.29) is 23.1 Å². The van der Waals surface area contributed by atoms with Gasteiger partial charge in [-0.1, -0.05) is 50.0 Å². The average Bonchev–Trinajstić information content (AvgIpc) is 2.72. The summed E-state index contributed by atoms with van der Waals surface area (Å²) in [6.07, 6.45) is 4.29. The zero-order valence-corrected chi connectivity index (χ0v) is 21.6. The zero-order chi connectivity index (χ0) is 23.9. The van der Waals surface area contributed by atoms with Crippen LogP contribution in [0.1, 0.15) is 71.8 Å². The smallest absolute Gasteiger partial charge is 0.227 e. The minimum Gasteiger partial charge on any atom is -0.391 e. The number of fused-ring (bicyclic) bond motifs is 1. The Hall–Kier alpha value is -1.44. The second-order valence-electron chi connectivity index (χ2n) is 9.98. The van der Waals surface area contributed by atoms with Gasteiger partial charge in [0.2, 0.25) is 11.8 Å². The Balaban J connectivity index is 1.91. The Bertz CT molecular complexity index is 784. The van der Waals surface area contributed by atoms with Crippen molar-refractivity contribution >= 4 is 33.4 Å². The van der Waals surface area contributed by atoms with E-state index in [4.69, 9.17) is 5.73 Å². The second kappa shape index (κ2) is 12.1. The van der Waals surface area contributed by atoms with Crippen molar-refractivity contribution in [2.24, 2.45) is 17.1 Å². The topological polar surface area (TPSA) is 95.7 Å². The molecule has 1 heterocycles. The van der Waals surface area contributed by atoms with Gasteiger partial charge in [0.25, 0.3) is 0 Å². The van der Waals surface area contributed by atoms with Gasteiger partial charge in [-0.15, -0.1) is 0 Å². The highest BCUT2D eigenvalue weighted by atomic mass is 79.9.